The summed E-state index contributed by atoms with van der Waals surface area (Å²) in [5.41, 5.74) is 7.16. The van der Waals surface area contributed by atoms with Crippen LogP contribution in [0.2, 0.25) is 0 Å². The molecule has 0 saturated heterocycles. The van der Waals surface area contributed by atoms with Gasteiger partial charge in [-0.25, -0.2) is 28.1 Å². The van der Waals surface area contributed by atoms with Crippen molar-refractivity contribution in [3.63, 3.8) is 0 Å². The third-order valence-electron chi connectivity index (χ3n) is 6.60. The second-order valence-electron chi connectivity index (χ2n) is 9.05. The predicted molar refractivity (Wildman–Crippen MR) is 130 cm³/mol. The second kappa shape index (κ2) is 8.06. The van der Waals surface area contributed by atoms with E-state index in [-0.39, 0.29) is 23.9 Å². The van der Waals surface area contributed by atoms with Gasteiger partial charge in [-0.2, -0.15) is 0 Å². The molecule has 0 bridgehead atoms. The van der Waals surface area contributed by atoms with Crippen LogP contribution in [0.1, 0.15) is 47.5 Å². The number of carbonyl (C=O) groups excluding carboxylic acids is 1. The largest absolute Gasteiger partial charge is 0.383 e. The van der Waals surface area contributed by atoms with Crippen LogP contribution in [-0.2, 0) is 17.9 Å². The van der Waals surface area contributed by atoms with E-state index in [0.29, 0.717) is 39.5 Å². The molecule has 1 aromatic carbocycles. The first kappa shape index (κ1) is 22.5. The molecule has 1 fully saturated rings. The summed E-state index contributed by atoms with van der Waals surface area (Å²) in [6.07, 6.45) is 3.31. The molecule has 2 N–H and O–H groups in total. The SMILES string of the molecule is C=C(F)C(=O)N1Cc2c(C#Cc3c(F)cc4sc(C5CC5)nc4c3F)c3c(N)ncnc3n2CC1C. The van der Waals surface area contributed by atoms with Gasteiger partial charge in [0, 0.05) is 18.5 Å². The fourth-order valence-electron chi connectivity index (χ4n) is 4.60. The summed E-state index contributed by atoms with van der Waals surface area (Å²) in [4.78, 5) is 26.5. The summed E-state index contributed by atoms with van der Waals surface area (Å²) in [6.45, 7) is 5.17. The van der Waals surface area contributed by atoms with Gasteiger partial charge in [0.15, 0.2) is 11.6 Å². The molecule has 1 aliphatic carbocycles. The van der Waals surface area contributed by atoms with E-state index in [9.17, 15) is 13.6 Å². The van der Waals surface area contributed by atoms with Crippen molar-refractivity contribution in [2.24, 2.45) is 0 Å². The molecule has 182 valence electrons. The highest BCUT2D eigenvalue weighted by Crippen LogP contribution is 2.44. The molecular formula is C25H19F3N6OS. The molecule has 1 aliphatic heterocycles. The van der Waals surface area contributed by atoms with Crippen molar-refractivity contribution in [1.29, 1.82) is 0 Å². The molecule has 0 spiro atoms. The molecule has 3 aromatic heterocycles. The number of hydrogen-bond acceptors (Lipinski definition) is 6. The molecule has 36 heavy (non-hydrogen) atoms. The monoisotopic (exact) mass is 508 g/mol. The number of hydrogen-bond donors (Lipinski definition) is 1. The summed E-state index contributed by atoms with van der Waals surface area (Å²) in [7, 11) is 0. The molecule has 4 aromatic rings. The average Bonchev–Trinajstić information content (AvgIpc) is 3.53. The second-order valence-corrected chi connectivity index (χ2v) is 10.1. The standard InChI is InChI=1S/C25H19F3N6OS/c1-11-8-34-17(9-33(11)25(35)12(2)26)15(19-22(29)30-10-31-23(19)34)6-5-14-16(27)7-18-21(20(14)28)32-24(36-18)13-3-4-13/h7,10-11,13H,2-4,8-9H2,1H3,(H2,29,30,31). The highest BCUT2D eigenvalue weighted by atomic mass is 32.1. The number of fused-ring (bicyclic) bond motifs is 4. The Labute approximate surface area is 207 Å². The number of carbonyl (C=O) groups is 1. The van der Waals surface area contributed by atoms with Crippen LogP contribution < -0.4 is 5.73 Å². The average molecular weight is 509 g/mol. The zero-order chi connectivity index (χ0) is 25.3. The lowest BCUT2D eigenvalue weighted by Gasteiger charge is -2.34. The van der Waals surface area contributed by atoms with E-state index in [2.05, 4.69) is 33.4 Å². The summed E-state index contributed by atoms with van der Waals surface area (Å²) in [5, 5.41) is 1.21. The van der Waals surface area contributed by atoms with E-state index in [1.807, 2.05) is 4.57 Å². The van der Waals surface area contributed by atoms with Crippen LogP contribution in [0.3, 0.4) is 0 Å². The van der Waals surface area contributed by atoms with Crippen LogP contribution in [0, 0.1) is 23.5 Å². The van der Waals surface area contributed by atoms with Crippen molar-refractivity contribution in [2.45, 2.75) is 44.8 Å². The van der Waals surface area contributed by atoms with Crippen molar-refractivity contribution >= 4 is 44.3 Å². The lowest BCUT2D eigenvalue weighted by molar-refractivity contribution is -0.132. The van der Waals surface area contributed by atoms with E-state index in [4.69, 9.17) is 5.73 Å². The minimum atomic E-state index is -1.08. The molecular weight excluding hydrogens is 489 g/mol. The number of rotatable bonds is 2. The van der Waals surface area contributed by atoms with Gasteiger partial charge in [0.1, 0.15) is 29.1 Å². The number of nitrogens with two attached hydrogens (primary N) is 1. The number of benzene rings is 1. The number of thiazole rings is 1. The fraction of sp³-hybridized carbons (Fsp3) is 0.280. The molecule has 0 radical (unpaired) electrons. The molecule has 6 rings (SSSR count). The van der Waals surface area contributed by atoms with E-state index >= 15 is 4.39 Å². The van der Waals surface area contributed by atoms with Gasteiger partial charge in [-0.05, 0) is 25.8 Å². The number of amides is 1. The van der Waals surface area contributed by atoms with Crippen molar-refractivity contribution < 1.29 is 18.0 Å². The maximum atomic E-state index is 15.3. The Morgan fingerprint density at radius 3 is 2.72 bits per heavy atom. The van der Waals surface area contributed by atoms with Gasteiger partial charge in [-0.3, -0.25) is 4.79 Å². The fourth-order valence-corrected chi connectivity index (χ4v) is 5.76. The molecule has 11 heteroatoms. The molecule has 1 atom stereocenters. The zero-order valence-corrected chi connectivity index (χ0v) is 19.9. The van der Waals surface area contributed by atoms with Crippen molar-refractivity contribution in [3.8, 4) is 11.8 Å². The summed E-state index contributed by atoms with van der Waals surface area (Å²) in [5.74, 6) is 2.40. The normalized spacial score (nSPS) is 17.2. The number of halogens is 3. The Kier molecular flexibility index (Phi) is 5.05. The lowest BCUT2D eigenvalue weighted by Crippen LogP contribution is -2.45. The van der Waals surface area contributed by atoms with E-state index in [1.54, 1.807) is 6.92 Å². The van der Waals surface area contributed by atoms with Crippen LogP contribution in [0.25, 0.3) is 21.3 Å². The van der Waals surface area contributed by atoms with Gasteiger partial charge in [0.2, 0.25) is 0 Å². The lowest BCUT2D eigenvalue weighted by atomic mass is 10.1. The maximum absolute atomic E-state index is 15.3. The highest BCUT2D eigenvalue weighted by molar-refractivity contribution is 7.18. The molecule has 1 amide bonds. The summed E-state index contributed by atoms with van der Waals surface area (Å²) < 4.78 is 46.2. The number of aromatic nitrogens is 4. The Morgan fingerprint density at radius 1 is 1.25 bits per heavy atom. The first-order valence-corrected chi connectivity index (χ1v) is 12.1. The van der Waals surface area contributed by atoms with Crippen LogP contribution in [-0.4, -0.2) is 36.4 Å². The Hall–Kier alpha value is -3.91. The Bertz CT molecular complexity index is 1680. The van der Waals surface area contributed by atoms with Crippen molar-refractivity contribution in [1.82, 2.24) is 24.4 Å². The Morgan fingerprint density at radius 2 is 2.00 bits per heavy atom. The molecule has 7 nitrogen and oxygen atoms in total. The predicted octanol–water partition coefficient (Wildman–Crippen LogP) is 4.39. The molecule has 2 aliphatic rings. The van der Waals surface area contributed by atoms with Crippen LogP contribution in [0.4, 0.5) is 19.0 Å². The van der Waals surface area contributed by atoms with Gasteiger partial charge in [-0.1, -0.05) is 18.4 Å². The molecule has 1 saturated carbocycles. The number of anilines is 1. The maximum Gasteiger partial charge on any atom is 0.282 e. The minimum Gasteiger partial charge on any atom is -0.383 e. The smallest absolute Gasteiger partial charge is 0.282 e. The summed E-state index contributed by atoms with van der Waals surface area (Å²) >= 11 is 1.30. The molecule has 4 heterocycles. The minimum absolute atomic E-state index is 0.0103. The van der Waals surface area contributed by atoms with Crippen molar-refractivity contribution in [2.75, 3.05) is 5.73 Å². The van der Waals surface area contributed by atoms with Gasteiger partial charge >= 0.3 is 0 Å². The first-order chi connectivity index (χ1) is 17.2. The Balaban J connectivity index is 1.52. The third-order valence-corrected chi connectivity index (χ3v) is 7.77. The quantitative estimate of drug-likeness (QED) is 0.320. The number of nitrogen functional groups attached to an aromatic ring is 1. The van der Waals surface area contributed by atoms with Crippen molar-refractivity contribution in [3.05, 3.63) is 58.3 Å². The van der Waals surface area contributed by atoms with Crippen LogP contribution in [0.5, 0.6) is 0 Å². The van der Waals surface area contributed by atoms with E-state index in [1.165, 1.54) is 28.6 Å². The molecule has 1 unspecified atom stereocenters. The van der Waals surface area contributed by atoms with Crippen LogP contribution >= 0.6 is 11.3 Å². The van der Waals surface area contributed by atoms with Gasteiger partial charge in [0.05, 0.1) is 38.5 Å². The third kappa shape index (κ3) is 3.44. The van der Waals surface area contributed by atoms with Crippen LogP contribution in [0.15, 0.2) is 24.8 Å². The number of nitrogens with zero attached hydrogens (tertiary/aromatic N) is 5. The first-order valence-electron chi connectivity index (χ1n) is 11.3. The van der Waals surface area contributed by atoms with E-state index < -0.39 is 28.9 Å². The highest BCUT2D eigenvalue weighted by Gasteiger charge is 2.33. The summed E-state index contributed by atoms with van der Waals surface area (Å²) in [6, 6.07) is 0.888. The van der Waals surface area contributed by atoms with Gasteiger partial charge < -0.3 is 15.2 Å². The topological polar surface area (TPSA) is 89.9 Å². The van der Waals surface area contributed by atoms with Gasteiger partial charge in [-0.15, -0.1) is 11.3 Å². The van der Waals surface area contributed by atoms with E-state index in [0.717, 1.165) is 17.8 Å². The van der Waals surface area contributed by atoms with Gasteiger partial charge in [0.25, 0.3) is 5.91 Å². The zero-order valence-electron chi connectivity index (χ0n) is 19.1.